The van der Waals surface area contributed by atoms with Crippen LogP contribution in [0.15, 0.2) is 84.9 Å². The largest absolute Gasteiger partial charge is 0.497 e. The minimum atomic E-state index is -5.26. The van der Waals surface area contributed by atoms with E-state index in [9.17, 15) is 26.4 Å². The number of carbonyl (C=O) groups excluding carboxylic acids is 2. The van der Waals surface area contributed by atoms with Crippen LogP contribution < -0.4 is 9.47 Å². The molecule has 0 bridgehead atoms. The number of alkyl halides is 6. The second kappa shape index (κ2) is 19.2. The smallest absolute Gasteiger partial charge is 0.400 e. The molecule has 0 unspecified atom stereocenters. The summed E-state index contributed by atoms with van der Waals surface area (Å²) in [4.78, 5) is 27.1. The van der Waals surface area contributed by atoms with Crippen LogP contribution in [0, 0.1) is 0 Å². The number of halogens is 6. The third-order valence-electron chi connectivity index (χ3n) is 6.75. The molecule has 1 saturated heterocycles. The number of benzene rings is 3. The Morgan fingerprint density at radius 1 is 0.630 bits per heavy atom. The van der Waals surface area contributed by atoms with Crippen LogP contribution in [0.2, 0.25) is 0 Å². The predicted octanol–water partition coefficient (Wildman–Crippen LogP) is 5.92. The van der Waals surface area contributed by atoms with Gasteiger partial charge in [-0.05, 0) is 48.5 Å². The van der Waals surface area contributed by atoms with Gasteiger partial charge in [0.25, 0.3) is 0 Å². The lowest BCUT2D eigenvalue weighted by molar-refractivity contribution is -0.270. The number of esters is 2. The predicted molar refractivity (Wildman–Crippen MR) is 195 cm³/mol. The van der Waals surface area contributed by atoms with E-state index < -0.39 is 90.8 Å². The minimum Gasteiger partial charge on any atom is -0.497 e. The molecule has 0 N–H and O–H groups in total. The molecule has 3 aromatic carbocycles. The van der Waals surface area contributed by atoms with Crippen molar-refractivity contribution in [1.29, 1.82) is 0 Å². The summed E-state index contributed by atoms with van der Waals surface area (Å²) in [5.41, 5.74) is -0.0399. The highest BCUT2D eigenvalue weighted by atomic mass is 35.6. The van der Waals surface area contributed by atoms with Gasteiger partial charge in [0.2, 0.25) is 20.0 Å². The maximum Gasteiger partial charge on any atom is 0.400 e. The van der Waals surface area contributed by atoms with Crippen molar-refractivity contribution >= 4 is 102 Å². The first-order chi connectivity index (χ1) is 25.2. The molecule has 5 atom stereocenters. The fourth-order valence-corrected chi connectivity index (χ4v) is 6.72. The number of methoxy groups -OCH3 is 1. The van der Waals surface area contributed by atoms with Crippen LogP contribution in [0.4, 0.5) is 0 Å². The number of ether oxygens (including phenoxy) is 5. The maximum absolute atomic E-state index is 13.6. The molecule has 0 aromatic heterocycles. The van der Waals surface area contributed by atoms with Crippen LogP contribution in [0.3, 0.4) is 0 Å². The Labute approximate surface area is 340 Å². The molecule has 0 amide bonds. The molecule has 0 radical (unpaired) electrons. The van der Waals surface area contributed by atoms with Gasteiger partial charge in [-0.3, -0.25) is 0 Å². The van der Waals surface area contributed by atoms with Crippen LogP contribution in [0.1, 0.15) is 20.7 Å². The Balaban J connectivity index is 1.83. The first-order valence-corrected chi connectivity index (χ1v) is 19.9. The molecule has 54 heavy (non-hydrogen) atoms. The van der Waals surface area contributed by atoms with Crippen LogP contribution in [0.25, 0.3) is 0 Å². The molecule has 1 fully saturated rings. The van der Waals surface area contributed by atoms with Gasteiger partial charge >= 0.3 is 32.7 Å². The van der Waals surface area contributed by atoms with Crippen LogP contribution >= 0.6 is 69.6 Å². The highest BCUT2D eigenvalue weighted by Crippen LogP contribution is 2.35. The lowest BCUT2D eigenvalue weighted by atomic mass is 9.98. The highest BCUT2D eigenvalue weighted by Gasteiger charge is 2.55. The summed E-state index contributed by atoms with van der Waals surface area (Å²) in [6.45, 7) is -3.21. The van der Waals surface area contributed by atoms with Gasteiger partial charge in [0, 0.05) is 0 Å². The van der Waals surface area contributed by atoms with Gasteiger partial charge in [0.05, 0.1) is 24.8 Å². The van der Waals surface area contributed by atoms with Gasteiger partial charge in [0.1, 0.15) is 36.9 Å². The zero-order valence-electron chi connectivity index (χ0n) is 27.3. The van der Waals surface area contributed by atoms with Gasteiger partial charge in [-0.15, -0.1) is 0 Å². The molecule has 0 aliphatic carbocycles. The molecule has 0 spiro atoms. The minimum absolute atomic E-state index is 0.00702. The van der Waals surface area contributed by atoms with Crippen molar-refractivity contribution in [3.8, 4) is 11.5 Å². The van der Waals surface area contributed by atoms with E-state index in [1.807, 2.05) is 0 Å². The summed E-state index contributed by atoms with van der Waals surface area (Å²) in [5.74, 6) is -1.61. The Bertz CT molecular complexity index is 1910. The monoisotopic (exact) mass is 914 g/mol. The summed E-state index contributed by atoms with van der Waals surface area (Å²) in [6, 6.07) is 20.7. The molecule has 1 heterocycles. The van der Waals surface area contributed by atoms with Crippen molar-refractivity contribution in [3.63, 3.8) is 0 Å². The van der Waals surface area contributed by atoms with Crippen molar-refractivity contribution in [2.24, 2.45) is 0 Å². The van der Waals surface area contributed by atoms with Gasteiger partial charge in [-0.25, -0.2) is 26.3 Å². The first kappa shape index (κ1) is 44.4. The van der Waals surface area contributed by atoms with E-state index >= 15 is 0 Å². The van der Waals surface area contributed by atoms with Gasteiger partial charge in [-0.2, -0.15) is 16.8 Å². The molecule has 23 heteroatoms. The fourth-order valence-electron chi connectivity index (χ4n) is 4.43. The number of hydrogen-bond donors (Lipinski definition) is 0. The van der Waals surface area contributed by atoms with E-state index in [0.717, 1.165) is 0 Å². The molecular formula is C31H28Cl6O15S2. The average molecular weight is 917 g/mol. The molecule has 0 saturated carbocycles. The molecule has 1 aliphatic heterocycles. The average Bonchev–Trinajstić information content (AvgIpc) is 3.12. The Morgan fingerprint density at radius 3 is 1.57 bits per heavy atom. The molecular weight excluding hydrogens is 889 g/mol. The SMILES string of the molecule is COc1ccc(O[C@@H]2O[C@H](COS(=O)(=O)OCC(Cl)(Cl)Cl)[C@@H](OS(=O)(=O)OCC(Cl)(Cl)Cl)[C@H](OC(=O)c3ccccc3)[C@H]2OC(=O)c2ccccc2)cc1. The van der Waals surface area contributed by atoms with E-state index in [-0.39, 0.29) is 16.9 Å². The van der Waals surface area contributed by atoms with Crippen molar-refractivity contribution in [2.75, 3.05) is 26.9 Å². The normalized spacial score (nSPS) is 20.8. The zero-order chi connectivity index (χ0) is 39.7. The highest BCUT2D eigenvalue weighted by molar-refractivity contribution is 7.82. The second-order valence-electron chi connectivity index (χ2n) is 10.7. The molecule has 4 rings (SSSR count). The lowest BCUT2D eigenvalue weighted by Gasteiger charge is -2.44. The van der Waals surface area contributed by atoms with Crippen molar-refractivity contribution in [2.45, 2.75) is 38.3 Å². The maximum atomic E-state index is 13.6. The third-order valence-corrected chi connectivity index (χ3v) is 9.10. The van der Waals surface area contributed by atoms with Crippen LogP contribution in [0.5, 0.6) is 11.5 Å². The van der Waals surface area contributed by atoms with Crippen molar-refractivity contribution < 1.29 is 66.8 Å². The second-order valence-corrected chi connectivity index (χ2v) is 18.3. The topological polar surface area (TPSA) is 185 Å². The number of hydrogen-bond acceptors (Lipinski definition) is 15. The third kappa shape index (κ3) is 14.3. The first-order valence-electron chi connectivity index (χ1n) is 15.0. The quantitative estimate of drug-likeness (QED) is 0.122. The Morgan fingerprint density at radius 2 is 1.09 bits per heavy atom. The Hall–Kier alpha value is -2.36. The van der Waals surface area contributed by atoms with E-state index in [2.05, 4.69) is 4.18 Å². The van der Waals surface area contributed by atoms with Crippen molar-refractivity contribution in [1.82, 2.24) is 0 Å². The summed E-state index contributed by atoms with van der Waals surface area (Å²) in [5, 5.41) is 0. The van der Waals surface area contributed by atoms with E-state index in [0.29, 0.717) is 5.75 Å². The Kier molecular flexibility index (Phi) is 15.8. The van der Waals surface area contributed by atoms with Crippen molar-refractivity contribution in [3.05, 3.63) is 96.1 Å². The zero-order valence-corrected chi connectivity index (χ0v) is 33.5. The number of carbonyl (C=O) groups is 2. The fraction of sp³-hybridized carbons (Fsp3) is 0.355. The van der Waals surface area contributed by atoms with E-state index in [1.54, 1.807) is 12.1 Å². The summed E-state index contributed by atoms with van der Waals surface area (Å²) < 4.78 is 95.5. The van der Waals surface area contributed by atoms with Gasteiger partial charge in [0.15, 0.2) is 6.10 Å². The standard InChI is InChI=1S/C31H28Cl6O15S2/c1-44-21-12-14-22(15-13-21)48-29-26(51-28(39)20-10-6-3-7-11-20)25(50-27(38)19-8-4-2-5-9-19)24(52-54(42,43)47-18-31(35,36)37)23(49-29)16-45-53(40,41)46-17-30(32,33)34/h2-15,23-26,29H,16-18H2,1H3/t23-,24-,25+,26-,29-/m1/s1. The summed E-state index contributed by atoms with van der Waals surface area (Å²) in [6.07, 6.45) is -9.79. The molecule has 1 aliphatic rings. The number of rotatable bonds is 16. The van der Waals surface area contributed by atoms with Gasteiger partial charge < -0.3 is 23.7 Å². The lowest BCUT2D eigenvalue weighted by Crippen LogP contribution is -2.64. The van der Waals surface area contributed by atoms with E-state index in [4.69, 9.17) is 106 Å². The van der Waals surface area contributed by atoms with Gasteiger partial charge in [-0.1, -0.05) is 106 Å². The van der Waals surface area contributed by atoms with Crippen LogP contribution in [-0.2, 0) is 51.7 Å². The summed E-state index contributed by atoms with van der Waals surface area (Å²) in [7, 11) is -8.85. The van der Waals surface area contributed by atoms with E-state index in [1.165, 1.54) is 79.9 Å². The van der Waals surface area contributed by atoms with Crippen LogP contribution in [-0.4, -0.2) is 94.0 Å². The molecule has 296 valence electrons. The molecule has 3 aromatic rings. The summed E-state index contributed by atoms with van der Waals surface area (Å²) >= 11 is 33.8. The molecule has 15 nitrogen and oxygen atoms in total.